The molecule has 120 valence electrons. The fourth-order valence-electron chi connectivity index (χ4n) is 3.61. The van der Waals surface area contributed by atoms with Gasteiger partial charge in [0, 0.05) is 35.8 Å². The average molecular weight is 318 g/mol. The second-order valence-corrected chi connectivity index (χ2v) is 7.54. The third-order valence-electron chi connectivity index (χ3n) is 5.07. The van der Waals surface area contributed by atoms with Crippen LogP contribution in [0, 0.1) is 13.8 Å². The number of piperidine rings is 1. The molecular formula is C18H27N3S. The maximum Gasteiger partial charge on any atom is 0.0641 e. The highest BCUT2D eigenvalue weighted by molar-refractivity contribution is 7.09. The molecule has 1 unspecified atom stereocenters. The van der Waals surface area contributed by atoms with Crippen molar-refractivity contribution in [1.82, 2.24) is 14.7 Å². The molecule has 0 radical (unpaired) electrons. The fourth-order valence-corrected chi connectivity index (χ4v) is 4.33. The molecule has 4 heteroatoms. The van der Waals surface area contributed by atoms with E-state index in [2.05, 4.69) is 48.4 Å². The maximum atomic E-state index is 4.58. The summed E-state index contributed by atoms with van der Waals surface area (Å²) >= 11 is 1.89. The first-order valence-electron chi connectivity index (χ1n) is 8.40. The lowest BCUT2D eigenvalue weighted by molar-refractivity contribution is 0.132. The summed E-state index contributed by atoms with van der Waals surface area (Å²) in [4.78, 5) is 4.23. The van der Waals surface area contributed by atoms with Crippen LogP contribution < -0.4 is 0 Å². The summed E-state index contributed by atoms with van der Waals surface area (Å²) in [5.74, 6) is 0. The Morgan fingerprint density at radius 1 is 1.32 bits per heavy atom. The molecule has 0 spiro atoms. The molecule has 3 rings (SSSR count). The van der Waals surface area contributed by atoms with Crippen molar-refractivity contribution in [3.63, 3.8) is 0 Å². The minimum atomic E-state index is 0.731. The minimum Gasteiger partial charge on any atom is -0.296 e. The van der Waals surface area contributed by atoms with Crippen molar-refractivity contribution in [2.24, 2.45) is 7.05 Å². The third kappa shape index (κ3) is 3.44. The molecule has 1 atom stereocenters. The van der Waals surface area contributed by atoms with Crippen LogP contribution in [0.15, 0.2) is 17.5 Å². The van der Waals surface area contributed by atoms with E-state index in [9.17, 15) is 0 Å². The van der Waals surface area contributed by atoms with Crippen LogP contribution in [0.25, 0.3) is 0 Å². The monoisotopic (exact) mass is 317 g/mol. The number of aryl methyl sites for hydroxylation is 3. The molecule has 0 amide bonds. The molecule has 2 aromatic rings. The highest BCUT2D eigenvalue weighted by Crippen LogP contribution is 2.26. The van der Waals surface area contributed by atoms with Crippen LogP contribution in [-0.4, -0.2) is 27.3 Å². The summed E-state index contributed by atoms with van der Waals surface area (Å²) in [5, 5.41) is 6.77. The van der Waals surface area contributed by atoms with E-state index >= 15 is 0 Å². The molecule has 0 N–H and O–H groups in total. The van der Waals surface area contributed by atoms with Crippen molar-refractivity contribution in [3.05, 3.63) is 39.3 Å². The molecule has 1 fully saturated rings. The van der Waals surface area contributed by atoms with Gasteiger partial charge in [0.15, 0.2) is 0 Å². The van der Waals surface area contributed by atoms with Crippen molar-refractivity contribution < 1.29 is 0 Å². The first kappa shape index (κ1) is 15.8. The summed E-state index contributed by atoms with van der Waals surface area (Å²) in [6, 6.07) is 5.17. The molecule has 1 aliphatic rings. The normalized spacial score (nSPS) is 19.7. The van der Waals surface area contributed by atoms with Crippen molar-refractivity contribution >= 4 is 11.3 Å². The second kappa shape index (κ2) is 6.97. The molecule has 2 aromatic heterocycles. The van der Waals surface area contributed by atoms with Gasteiger partial charge in [-0.1, -0.05) is 12.5 Å². The van der Waals surface area contributed by atoms with Crippen LogP contribution in [0.4, 0.5) is 0 Å². The highest BCUT2D eigenvalue weighted by atomic mass is 32.1. The number of hydrogen-bond donors (Lipinski definition) is 0. The predicted octanol–water partition coefficient (Wildman–Crippen LogP) is 4.09. The van der Waals surface area contributed by atoms with Gasteiger partial charge in [-0.15, -0.1) is 11.3 Å². The van der Waals surface area contributed by atoms with Gasteiger partial charge in [0.1, 0.15) is 0 Å². The highest BCUT2D eigenvalue weighted by Gasteiger charge is 2.24. The number of rotatable bonds is 5. The molecule has 0 saturated carbocycles. The standard InChI is InChI=1S/C18H27N3S/c1-14-18(15(2)20(3)19-14)13-21-11-5-4-7-16(21)9-10-17-8-6-12-22-17/h6,8,12,16H,4-5,7,9-11,13H2,1-3H3. The van der Waals surface area contributed by atoms with Crippen LogP contribution in [0.5, 0.6) is 0 Å². The zero-order valence-corrected chi connectivity index (χ0v) is 14.8. The van der Waals surface area contributed by atoms with E-state index in [0.29, 0.717) is 0 Å². The molecule has 3 nitrogen and oxygen atoms in total. The first-order chi connectivity index (χ1) is 10.6. The van der Waals surface area contributed by atoms with Crippen molar-refractivity contribution in [3.8, 4) is 0 Å². The Morgan fingerprint density at radius 3 is 2.86 bits per heavy atom. The molecular weight excluding hydrogens is 290 g/mol. The summed E-state index contributed by atoms with van der Waals surface area (Å²) in [6.45, 7) is 6.65. The van der Waals surface area contributed by atoms with E-state index in [0.717, 1.165) is 12.6 Å². The van der Waals surface area contributed by atoms with E-state index in [1.165, 1.54) is 60.5 Å². The molecule has 0 bridgehead atoms. The van der Waals surface area contributed by atoms with Crippen molar-refractivity contribution in [2.45, 2.75) is 58.5 Å². The van der Waals surface area contributed by atoms with Crippen LogP contribution in [0.1, 0.15) is 47.5 Å². The molecule has 3 heterocycles. The summed E-state index contributed by atoms with van der Waals surface area (Å²) in [5.41, 5.74) is 3.95. The Kier molecular flexibility index (Phi) is 4.99. The van der Waals surface area contributed by atoms with E-state index < -0.39 is 0 Å². The van der Waals surface area contributed by atoms with Gasteiger partial charge in [-0.05, 0) is 57.5 Å². The molecule has 22 heavy (non-hydrogen) atoms. The Hall–Kier alpha value is -1.13. The van der Waals surface area contributed by atoms with Crippen LogP contribution in [0.2, 0.25) is 0 Å². The summed E-state index contributed by atoms with van der Waals surface area (Å²) in [7, 11) is 2.05. The van der Waals surface area contributed by atoms with Crippen molar-refractivity contribution in [1.29, 1.82) is 0 Å². The van der Waals surface area contributed by atoms with Gasteiger partial charge in [-0.2, -0.15) is 5.10 Å². The summed E-state index contributed by atoms with van der Waals surface area (Å²) < 4.78 is 2.02. The van der Waals surface area contributed by atoms with Crippen LogP contribution >= 0.6 is 11.3 Å². The Labute approximate surface area is 138 Å². The number of hydrogen-bond acceptors (Lipinski definition) is 3. The van der Waals surface area contributed by atoms with E-state index in [1.54, 1.807) is 0 Å². The minimum absolute atomic E-state index is 0.731. The molecule has 0 aliphatic carbocycles. The zero-order chi connectivity index (χ0) is 15.5. The lowest BCUT2D eigenvalue weighted by Crippen LogP contribution is -2.39. The van der Waals surface area contributed by atoms with Gasteiger partial charge < -0.3 is 0 Å². The van der Waals surface area contributed by atoms with Crippen molar-refractivity contribution in [2.75, 3.05) is 6.54 Å². The second-order valence-electron chi connectivity index (χ2n) is 6.51. The lowest BCUT2D eigenvalue weighted by Gasteiger charge is -2.36. The predicted molar refractivity (Wildman–Crippen MR) is 93.4 cm³/mol. The third-order valence-corrected chi connectivity index (χ3v) is 6.01. The smallest absolute Gasteiger partial charge is 0.0641 e. The fraction of sp³-hybridized carbons (Fsp3) is 0.611. The van der Waals surface area contributed by atoms with E-state index in [4.69, 9.17) is 0 Å². The lowest BCUT2D eigenvalue weighted by atomic mass is 9.96. The van der Waals surface area contributed by atoms with Gasteiger partial charge in [0.05, 0.1) is 5.69 Å². The zero-order valence-electron chi connectivity index (χ0n) is 14.0. The van der Waals surface area contributed by atoms with Gasteiger partial charge in [0.2, 0.25) is 0 Å². The van der Waals surface area contributed by atoms with Gasteiger partial charge in [-0.3, -0.25) is 9.58 Å². The van der Waals surface area contributed by atoms with Crippen LogP contribution in [0.3, 0.4) is 0 Å². The number of thiophene rings is 1. The van der Waals surface area contributed by atoms with Gasteiger partial charge in [0.25, 0.3) is 0 Å². The number of nitrogens with zero attached hydrogens (tertiary/aromatic N) is 3. The molecule has 0 aromatic carbocycles. The Morgan fingerprint density at radius 2 is 2.18 bits per heavy atom. The molecule has 1 aliphatic heterocycles. The van der Waals surface area contributed by atoms with Gasteiger partial charge >= 0.3 is 0 Å². The van der Waals surface area contributed by atoms with Gasteiger partial charge in [-0.25, -0.2) is 0 Å². The quantitative estimate of drug-likeness (QED) is 0.828. The first-order valence-corrected chi connectivity index (χ1v) is 9.28. The average Bonchev–Trinajstić information content (AvgIpc) is 3.11. The maximum absolute atomic E-state index is 4.58. The Balaban J connectivity index is 1.67. The number of likely N-dealkylation sites (tertiary alicyclic amines) is 1. The Bertz CT molecular complexity index is 600. The summed E-state index contributed by atoms with van der Waals surface area (Å²) in [6.07, 6.45) is 6.59. The molecule has 1 saturated heterocycles. The van der Waals surface area contributed by atoms with E-state index in [1.807, 2.05) is 16.0 Å². The topological polar surface area (TPSA) is 21.1 Å². The van der Waals surface area contributed by atoms with Crippen LogP contribution in [-0.2, 0) is 20.0 Å². The van der Waals surface area contributed by atoms with E-state index in [-0.39, 0.29) is 0 Å². The largest absolute Gasteiger partial charge is 0.296 e. The SMILES string of the molecule is Cc1nn(C)c(C)c1CN1CCCCC1CCc1cccs1. The number of aromatic nitrogens is 2.